The highest BCUT2D eigenvalue weighted by Crippen LogP contribution is 2.35. The molecule has 1 aromatic rings. The van der Waals surface area contributed by atoms with E-state index in [2.05, 4.69) is 38.2 Å². The summed E-state index contributed by atoms with van der Waals surface area (Å²) in [6.45, 7) is 8.90. The molecule has 1 saturated heterocycles. The molecule has 1 unspecified atom stereocenters. The molecule has 1 aromatic carbocycles. The quantitative estimate of drug-likeness (QED) is 0.899. The predicted molar refractivity (Wildman–Crippen MR) is 88.7 cm³/mol. The average Bonchev–Trinajstić information content (AvgIpc) is 2.49. The summed E-state index contributed by atoms with van der Waals surface area (Å²) in [4.78, 5) is 15.2. The highest BCUT2D eigenvalue weighted by Gasteiger charge is 2.41. The molecular formula is C18H28N2O. The van der Waals surface area contributed by atoms with Crippen LogP contribution in [0.3, 0.4) is 0 Å². The molecule has 3 nitrogen and oxygen atoms in total. The van der Waals surface area contributed by atoms with Gasteiger partial charge in [0.05, 0.1) is 5.41 Å². The summed E-state index contributed by atoms with van der Waals surface area (Å²) >= 11 is 0. The largest absolute Gasteiger partial charge is 0.316 e. The summed E-state index contributed by atoms with van der Waals surface area (Å²) in [6.07, 6.45) is 4.13. The molecule has 0 radical (unpaired) electrons. The maximum Gasteiger partial charge on any atom is 0.234 e. The van der Waals surface area contributed by atoms with Gasteiger partial charge in [-0.25, -0.2) is 0 Å². The van der Waals surface area contributed by atoms with E-state index >= 15 is 0 Å². The van der Waals surface area contributed by atoms with Gasteiger partial charge in [-0.1, -0.05) is 25.5 Å². The topological polar surface area (TPSA) is 32.3 Å². The van der Waals surface area contributed by atoms with Crippen molar-refractivity contribution in [1.82, 2.24) is 5.32 Å². The van der Waals surface area contributed by atoms with Crippen LogP contribution < -0.4 is 10.2 Å². The minimum absolute atomic E-state index is 0.216. The maximum atomic E-state index is 13.2. The summed E-state index contributed by atoms with van der Waals surface area (Å²) in [5, 5.41) is 3.44. The summed E-state index contributed by atoms with van der Waals surface area (Å²) < 4.78 is 0. The van der Waals surface area contributed by atoms with Crippen molar-refractivity contribution in [3.63, 3.8) is 0 Å². The molecule has 2 rings (SSSR count). The fraction of sp³-hybridized carbons (Fsp3) is 0.611. The molecule has 0 aromatic heterocycles. The third kappa shape index (κ3) is 3.46. The zero-order valence-corrected chi connectivity index (χ0v) is 13.6. The molecule has 0 saturated carbocycles. The van der Waals surface area contributed by atoms with Gasteiger partial charge in [0.15, 0.2) is 0 Å². The average molecular weight is 288 g/mol. The Labute approximate surface area is 128 Å². The highest BCUT2D eigenvalue weighted by atomic mass is 16.2. The van der Waals surface area contributed by atoms with Crippen LogP contribution in [0.4, 0.5) is 5.69 Å². The second-order valence-corrected chi connectivity index (χ2v) is 6.20. The van der Waals surface area contributed by atoms with Gasteiger partial charge in [0.25, 0.3) is 0 Å². The van der Waals surface area contributed by atoms with Crippen molar-refractivity contribution in [2.45, 2.75) is 46.5 Å². The van der Waals surface area contributed by atoms with Crippen LogP contribution in [0.25, 0.3) is 0 Å². The smallest absolute Gasteiger partial charge is 0.234 e. The van der Waals surface area contributed by atoms with Crippen molar-refractivity contribution in [3.05, 3.63) is 29.8 Å². The molecular weight excluding hydrogens is 260 g/mol. The first kappa shape index (κ1) is 16.0. The number of aryl methyl sites for hydroxylation is 1. The van der Waals surface area contributed by atoms with E-state index in [4.69, 9.17) is 0 Å². The molecule has 21 heavy (non-hydrogen) atoms. The van der Waals surface area contributed by atoms with Gasteiger partial charge >= 0.3 is 0 Å². The number of carbonyl (C=O) groups excluding carboxylic acids is 1. The number of nitrogens with one attached hydrogen (secondary N) is 1. The van der Waals surface area contributed by atoms with Crippen molar-refractivity contribution < 1.29 is 4.79 Å². The lowest BCUT2D eigenvalue weighted by Crippen LogP contribution is -2.52. The molecule has 0 spiro atoms. The van der Waals surface area contributed by atoms with Crippen molar-refractivity contribution in [3.8, 4) is 0 Å². The molecule has 3 heteroatoms. The van der Waals surface area contributed by atoms with Crippen LogP contribution in [0.1, 0.15) is 45.1 Å². The Morgan fingerprint density at radius 2 is 2.19 bits per heavy atom. The highest BCUT2D eigenvalue weighted by molar-refractivity contribution is 5.98. The van der Waals surface area contributed by atoms with Gasteiger partial charge in [-0.2, -0.15) is 0 Å². The van der Waals surface area contributed by atoms with Gasteiger partial charge in [0.1, 0.15) is 0 Å². The van der Waals surface area contributed by atoms with Crippen LogP contribution >= 0.6 is 0 Å². The third-order valence-corrected chi connectivity index (χ3v) is 4.53. The predicted octanol–water partition coefficient (Wildman–Crippen LogP) is 3.52. The van der Waals surface area contributed by atoms with E-state index < -0.39 is 0 Å². The Bertz CT molecular complexity index is 472. The molecule has 116 valence electrons. The van der Waals surface area contributed by atoms with Gasteiger partial charge in [0.2, 0.25) is 5.91 Å². The minimum atomic E-state index is -0.216. The normalized spacial score (nSPS) is 22.0. The first-order valence-corrected chi connectivity index (χ1v) is 8.22. The van der Waals surface area contributed by atoms with Crippen LogP contribution in [-0.4, -0.2) is 25.5 Å². The van der Waals surface area contributed by atoms with Crippen molar-refractivity contribution in [2.24, 2.45) is 5.41 Å². The molecule has 1 fully saturated rings. The van der Waals surface area contributed by atoms with Gasteiger partial charge in [-0.05, 0) is 57.4 Å². The monoisotopic (exact) mass is 288 g/mol. The Balaban J connectivity index is 2.29. The Morgan fingerprint density at radius 3 is 2.76 bits per heavy atom. The molecule has 1 heterocycles. The molecule has 1 aliphatic heterocycles. The van der Waals surface area contributed by atoms with E-state index in [1.807, 2.05) is 17.0 Å². The summed E-state index contributed by atoms with van der Waals surface area (Å²) in [6, 6.07) is 8.26. The number of rotatable bonds is 5. The minimum Gasteiger partial charge on any atom is -0.316 e. The van der Waals surface area contributed by atoms with Gasteiger partial charge in [0, 0.05) is 18.8 Å². The van der Waals surface area contributed by atoms with Crippen LogP contribution in [0.15, 0.2) is 24.3 Å². The van der Waals surface area contributed by atoms with Gasteiger partial charge < -0.3 is 10.2 Å². The molecule has 1 N–H and O–H groups in total. The fourth-order valence-electron chi connectivity index (χ4n) is 3.47. The number of nitrogens with zero attached hydrogens (tertiary/aromatic N) is 1. The van der Waals surface area contributed by atoms with E-state index in [1.54, 1.807) is 0 Å². The first-order valence-electron chi connectivity index (χ1n) is 8.22. The summed E-state index contributed by atoms with van der Waals surface area (Å²) in [5.74, 6) is 0.296. The van der Waals surface area contributed by atoms with E-state index in [9.17, 15) is 4.79 Å². The van der Waals surface area contributed by atoms with Crippen molar-refractivity contribution in [1.29, 1.82) is 0 Å². The molecule has 1 amide bonds. The Kier molecular flexibility index (Phi) is 5.40. The molecule has 1 aliphatic rings. The van der Waals surface area contributed by atoms with Gasteiger partial charge in [-0.15, -0.1) is 0 Å². The molecule has 1 atom stereocenters. The van der Waals surface area contributed by atoms with Crippen LogP contribution in [-0.2, 0) is 4.79 Å². The number of hydrogen-bond acceptors (Lipinski definition) is 2. The maximum absolute atomic E-state index is 13.2. The molecule has 0 bridgehead atoms. The van der Waals surface area contributed by atoms with Crippen molar-refractivity contribution >= 4 is 11.6 Å². The zero-order valence-electron chi connectivity index (χ0n) is 13.6. The Morgan fingerprint density at radius 1 is 1.38 bits per heavy atom. The van der Waals surface area contributed by atoms with E-state index in [0.29, 0.717) is 5.91 Å². The number of piperidine rings is 1. The number of amides is 1. The second-order valence-electron chi connectivity index (χ2n) is 6.20. The zero-order chi connectivity index (χ0) is 15.3. The first-order chi connectivity index (χ1) is 10.1. The number of carbonyl (C=O) groups is 1. The van der Waals surface area contributed by atoms with E-state index in [0.717, 1.165) is 51.0 Å². The van der Waals surface area contributed by atoms with Crippen molar-refractivity contribution in [2.75, 3.05) is 24.5 Å². The number of hydrogen-bond donors (Lipinski definition) is 1. The lowest BCUT2D eigenvalue weighted by Gasteiger charge is -2.40. The Hall–Kier alpha value is -1.35. The standard InChI is InChI=1S/C18H28N2O/c1-4-10-18(11-7-12-19-14-18)17(21)20(5-2)16-9-6-8-15(3)13-16/h6,8-9,13,19H,4-5,7,10-12,14H2,1-3H3. The second kappa shape index (κ2) is 7.08. The van der Waals surface area contributed by atoms with E-state index in [-0.39, 0.29) is 5.41 Å². The summed E-state index contributed by atoms with van der Waals surface area (Å²) in [5.41, 5.74) is 2.01. The lowest BCUT2D eigenvalue weighted by atomic mass is 9.75. The molecule has 0 aliphatic carbocycles. The number of anilines is 1. The van der Waals surface area contributed by atoms with Crippen LogP contribution in [0.5, 0.6) is 0 Å². The number of benzene rings is 1. The SMILES string of the molecule is CCCC1(C(=O)N(CC)c2cccc(C)c2)CCCNC1. The lowest BCUT2D eigenvalue weighted by molar-refractivity contribution is -0.129. The van der Waals surface area contributed by atoms with Gasteiger partial charge in [-0.3, -0.25) is 4.79 Å². The van der Waals surface area contributed by atoms with E-state index in [1.165, 1.54) is 5.56 Å². The van der Waals surface area contributed by atoms with Crippen LogP contribution in [0, 0.1) is 12.3 Å². The fourth-order valence-corrected chi connectivity index (χ4v) is 3.47. The summed E-state index contributed by atoms with van der Waals surface area (Å²) in [7, 11) is 0. The third-order valence-electron chi connectivity index (χ3n) is 4.53. The van der Waals surface area contributed by atoms with Crippen LogP contribution in [0.2, 0.25) is 0 Å².